The van der Waals surface area contributed by atoms with E-state index >= 15 is 0 Å². The average molecular weight is 378 g/mol. The van der Waals surface area contributed by atoms with Gasteiger partial charge in [-0.1, -0.05) is 5.16 Å². The molecule has 1 saturated heterocycles. The number of imidazole rings is 1. The topological polar surface area (TPSA) is 42.6 Å². The summed E-state index contributed by atoms with van der Waals surface area (Å²) < 4.78 is 66.6. The fraction of sp³-hybridized carbons (Fsp3) is 0.750. The number of aromatic nitrogens is 2. The van der Waals surface area contributed by atoms with Gasteiger partial charge in [0.2, 0.25) is 5.82 Å². The molecule has 4 heterocycles. The van der Waals surface area contributed by atoms with Crippen LogP contribution in [-0.4, -0.2) is 45.3 Å². The number of rotatable bonds is 3. The van der Waals surface area contributed by atoms with Crippen molar-refractivity contribution >= 4 is 5.71 Å². The largest absolute Gasteiger partial charge is 0.449 e. The zero-order valence-electron chi connectivity index (χ0n) is 14.0. The lowest BCUT2D eigenvalue weighted by Crippen LogP contribution is -2.34. The monoisotopic (exact) mass is 378 g/mol. The number of halogens is 5. The molecule has 10 heteroatoms. The van der Waals surface area contributed by atoms with Crippen LogP contribution in [0.5, 0.6) is 0 Å². The van der Waals surface area contributed by atoms with E-state index in [9.17, 15) is 22.0 Å². The molecule has 1 fully saturated rings. The van der Waals surface area contributed by atoms with Crippen molar-refractivity contribution in [3.05, 3.63) is 17.2 Å². The molecule has 1 aromatic rings. The van der Waals surface area contributed by atoms with E-state index in [0.717, 1.165) is 6.42 Å². The highest BCUT2D eigenvalue weighted by molar-refractivity contribution is 5.89. The van der Waals surface area contributed by atoms with Crippen molar-refractivity contribution in [3.8, 4) is 0 Å². The predicted molar refractivity (Wildman–Crippen MR) is 81.9 cm³/mol. The third kappa shape index (κ3) is 3.08. The molecule has 0 bridgehead atoms. The van der Waals surface area contributed by atoms with Gasteiger partial charge in [0.15, 0.2) is 5.60 Å². The maximum absolute atomic E-state index is 13.3. The van der Waals surface area contributed by atoms with Crippen LogP contribution < -0.4 is 0 Å². The summed E-state index contributed by atoms with van der Waals surface area (Å²) in [7, 11) is 0. The van der Waals surface area contributed by atoms with Crippen LogP contribution in [0, 0.1) is 0 Å². The van der Waals surface area contributed by atoms with Gasteiger partial charge < -0.3 is 9.40 Å². The minimum absolute atomic E-state index is 0.0657. The van der Waals surface area contributed by atoms with E-state index in [1.807, 2.05) is 4.90 Å². The molecular weight excluding hydrogens is 359 g/mol. The number of likely N-dealkylation sites (tertiary alicyclic amines) is 1. The molecular formula is C16H19F5N4O. The van der Waals surface area contributed by atoms with E-state index < -0.39 is 24.0 Å². The Morgan fingerprint density at radius 3 is 2.69 bits per heavy atom. The molecule has 1 atom stereocenters. The van der Waals surface area contributed by atoms with Gasteiger partial charge in [-0.15, -0.1) is 0 Å². The number of nitrogens with zero attached hydrogens (tertiary/aromatic N) is 4. The average Bonchev–Trinajstić information content (AvgIpc) is 3.27. The fourth-order valence-corrected chi connectivity index (χ4v) is 4.12. The highest BCUT2D eigenvalue weighted by Gasteiger charge is 2.47. The van der Waals surface area contributed by atoms with Gasteiger partial charge in [0, 0.05) is 44.7 Å². The predicted octanol–water partition coefficient (Wildman–Crippen LogP) is 3.22. The van der Waals surface area contributed by atoms with Crippen LogP contribution in [0.15, 0.2) is 5.16 Å². The fourth-order valence-electron chi connectivity index (χ4n) is 4.12. The lowest BCUT2D eigenvalue weighted by molar-refractivity contribution is -0.147. The highest BCUT2D eigenvalue weighted by atomic mass is 19.4. The van der Waals surface area contributed by atoms with Crippen LogP contribution >= 0.6 is 0 Å². The van der Waals surface area contributed by atoms with E-state index in [-0.39, 0.29) is 18.7 Å². The summed E-state index contributed by atoms with van der Waals surface area (Å²) in [6.45, 7) is 1.51. The summed E-state index contributed by atoms with van der Waals surface area (Å²) in [4.78, 5) is 11.1. The van der Waals surface area contributed by atoms with Crippen molar-refractivity contribution in [2.24, 2.45) is 5.16 Å². The Morgan fingerprint density at radius 1 is 1.19 bits per heavy atom. The Balaban J connectivity index is 1.50. The minimum atomic E-state index is -4.48. The highest BCUT2D eigenvalue weighted by Crippen LogP contribution is 2.37. The van der Waals surface area contributed by atoms with Gasteiger partial charge >= 0.3 is 6.18 Å². The standard InChI is InChI=1S/C16H19F5N4O/c17-13(18)10-7-15(26-23-10)4-6-24(9-15)8-11-12-3-1-2-5-25(12)14(22-11)16(19,20)21/h13H,1-9H2. The zero-order chi connectivity index (χ0) is 18.5. The Hall–Kier alpha value is -1.71. The molecule has 3 aliphatic heterocycles. The number of oxime groups is 1. The van der Waals surface area contributed by atoms with E-state index in [4.69, 9.17) is 4.84 Å². The molecule has 5 nitrogen and oxygen atoms in total. The lowest BCUT2D eigenvalue weighted by Gasteiger charge is -2.22. The van der Waals surface area contributed by atoms with E-state index in [1.54, 1.807) is 0 Å². The summed E-state index contributed by atoms with van der Waals surface area (Å²) in [6, 6.07) is 0. The summed E-state index contributed by atoms with van der Waals surface area (Å²) in [5.74, 6) is -0.837. The van der Waals surface area contributed by atoms with Crippen LogP contribution in [0.2, 0.25) is 0 Å². The number of alkyl halides is 5. The molecule has 1 aromatic heterocycles. The maximum atomic E-state index is 13.3. The first kappa shape index (κ1) is 17.7. The zero-order valence-corrected chi connectivity index (χ0v) is 14.0. The first-order valence-corrected chi connectivity index (χ1v) is 8.68. The van der Waals surface area contributed by atoms with Crippen molar-refractivity contribution in [2.45, 2.75) is 63.4 Å². The normalized spacial score (nSPS) is 26.5. The lowest BCUT2D eigenvalue weighted by atomic mass is 9.97. The van der Waals surface area contributed by atoms with Crippen LogP contribution in [0.3, 0.4) is 0 Å². The molecule has 1 unspecified atom stereocenters. The second-order valence-corrected chi connectivity index (χ2v) is 7.23. The molecule has 144 valence electrons. The van der Waals surface area contributed by atoms with Gasteiger partial charge in [-0.3, -0.25) is 4.90 Å². The summed E-state index contributed by atoms with van der Waals surface area (Å²) >= 11 is 0. The smallest absolute Gasteiger partial charge is 0.387 e. The molecule has 3 aliphatic rings. The van der Waals surface area contributed by atoms with E-state index in [2.05, 4.69) is 10.1 Å². The van der Waals surface area contributed by atoms with Crippen LogP contribution in [0.25, 0.3) is 0 Å². The molecule has 0 radical (unpaired) electrons. The second-order valence-electron chi connectivity index (χ2n) is 7.23. The van der Waals surface area contributed by atoms with Crippen molar-refractivity contribution in [1.29, 1.82) is 0 Å². The maximum Gasteiger partial charge on any atom is 0.449 e. The molecule has 4 rings (SSSR count). The third-order valence-electron chi connectivity index (χ3n) is 5.33. The van der Waals surface area contributed by atoms with Gasteiger partial charge in [0.05, 0.1) is 5.69 Å². The summed E-state index contributed by atoms with van der Waals surface area (Å²) in [6.07, 6.45) is -4.41. The molecule has 0 aromatic carbocycles. The van der Waals surface area contributed by atoms with Gasteiger partial charge in [-0.2, -0.15) is 13.2 Å². The first-order chi connectivity index (χ1) is 12.3. The summed E-state index contributed by atoms with van der Waals surface area (Å²) in [5.41, 5.74) is 0.0346. The third-order valence-corrected chi connectivity index (χ3v) is 5.33. The molecule has 26 heavy (non-hydrogen) atoms. The van der Waals surface area contributed by atoms with Crippen molar-refractivity contribution in [2.75, 3.05) is 13.1 Å². The van der Waals surface area contributed by atoms with E-state index in [1.165, 1.54) is 4.57 Å². The van der Waals surface area contributed by atoms with Gasteiger partial charge in [0.1, 0.15) is 5.71 Å². The molecule has 0 amide bonds. The molecule has 0 saturated carbocycles. The molecule has 0 aliphatic carbocycles. The summed E-state index contributed by atoms with van der Waals surface area (Å²) in [5, 5.41) is 3.49. The SMILES string of the molecule is FC(F)C1=NOC2(CCN(Cc3nc(C(F)(F)F)n4c3CCCC4)C2)C1. The minimum Gasteiger partial charge on any atom is -0.387 e. The van der Waals surface area contributed by atoms with Gasteiger partial charge in [-0.05, 0) is 19.3 Å². The molecule has 1 spiro atoms. The Morgan fingerprint density at radius 2 is 2.00 bits per heavy atom. The quantitative estimate of drug-likeness (QED) is 0.759. The van der Waals surface area contributed by atoms with Crippen LogP contribution in [0.4, 0.5) is 22.0 Å². The van der Waals surface area contributed by atoms with Crippen LogP contribution in [0.1, 0.15) is 42.9 Å². The Labute approximate surface area is 146 Å². The van der Waals surface area contributed by atoms with Crippen molar-refractivity contribution in [3.63, 3.8) is 0 Å². The van der Waals surface area contributed by atoms with Gasteiger partial charge in [0.25, 0.3) is 6.43 Å². The van der Waals surface area contributed by atoms with Crippen molar-refractivity contribution < 1.29 is 26.8 Å². The molecule has 0 N–H and O–H groups in total. The van der Waals surface area contributed by atoms with Crippen molar-refractivity contribution in [1.82, 2.24) is 14.5 Å². The van der Waals surface area contributed by atoms with Gasteiger partial charge in [-0.25, -0.2) is 13.8 Å². The number of hydrogen-bond acceptors (Lipinski definition) is 4. The Bertz CT molecular complexity index is 729. The number of hydrogen-bond donors (Lipinski definition) is 0. The first-order valence-electron chi connectivity index (χ1n) is 8.68. The number of fused-ring (bicyclic) bond motifs is 1. The Kier molecular flexibility index (Phi) is 4.20. The van der Waals surface area contributed by atoms with E-state index in [0.29, 0.717) is 50.3 Å². The second kappa shape index (κ2) is 6.17. The van der Waals surface area contributed by atoms with Crippen LogP contribution in [-0.2, 0) is 30.5 Å².